The van der Waals surface area contributed by atoms with Crippen molar-refractivity contribution in [3.05, 3.63) is 45.6 Å². The van der Waals surface area contributed by atoms with Crippen molar-refractivity contribution in [1.82, 2.24) is 4.90 Å². The number of thiophene rings is 1. The number of Topliss-reactive ketones (excluding diaryl/α,β-unsaturated/α-hetero) is 1. The molecule has 2 fully saturated rings. The summed E-state index contributed by atoms with van der Waals surface area (Å²) in [5, 5.41) is 7.62. The van der Waals surface area contributed by atoms with E-state index < -0.39 is 0 Å². The molecule has 0 radical (unpaired) electrons. The summed E-state index contributed by atoms with van der Waals surface area (Å²) in [5.74, 6) is 0.0614. The second-order valence-electron chi connectivity index (χ2n) is 6.30. The van der Waals surface area contributed by atoms with Crippen LogP contribution in [0.2, 0.25) is 5.02 Å². The molecule has 134 valence electrons. The second kappa shape index (κ2) is 6.98. The molecule has 1 aromatic carbocycles. The van der Waals surface area contributed by atoms with Gasteiger partial charge < -0.3 is 15.1 Å². The van der Waals surface area contributed by atoms with E-state index in [-0.39, 0.29) is 17.7 Å². The van der Waals surface area contributed by atoms with Crippen LogP contribution in [0.5, 0.6) is 0 Å². The van der Waals surface area contributed by atoms with E-state index in [0.717, 1.165) is 18.7 Å². The van der Waals surface area contributed by atoms with Crippen molar-refractivity contribution in [3.63, 3.8) is 0 Å². The van der Waals surface area contributed by atoms with Gasteiger partial charge in [-0.2, -0.15) is 11.3 Å². The number of nitrogens with one attached hydrogen (secondary N) is 1. The van der Waals surface area contributed by atoms with Gasteiger partial charge in [0.15, 0.2) is 10.9 Å². The molecule has 3 heterocycles. The first kappa shape index (κ1) is 17.5. The number of nitrogens with zero attached hydrogens (tertiary/aromatic N) is 2. The maximum atomic E-state index is 12.2. The maximum Gasteiger partial charge on any atom is 0.256 e. The predicted octanol–water partition coefficient (Wildman–Crippen LogP) is 3.79. The summed E-state index contributed by atoms with van der Waals surface area (Å²) < 4.78 is 0. The molecule has 1 amide bonds. The Morgan fingerprint density at radius 1 is 1.35 bits per heavy atom. The quantitative estimate of drug-likeness (QED) is 0.787. The number of anilines is 2. The van der Waals surface area contributed by atoms with Crippen molar-refractivity contribution in [2.45, 2.75) is 18.9 Å². The number of carbonyl (C=O) groups excluding carboxylic acids is 2. The highest BCUT2D eigenvalue weighted by molar-refractivity contribution is 7.80. The summed E-state index contributed by atoms with van der Waals surface area (Å²) in [6, 6.07) is 6.94. The minimum absolute atomic E-state index is 0.172. The minimum Gasteiger partial charge on any atom is -0.337 e. The van der Waals surface area contributed by atoms with Gasteiger partial charge >= 0.3 is 0 Å². The van der Waals surface area contributed by atoms with E-state index in [0.29, 0.717) is 34.4 Å². The van der Waals surface area contributed by atoms with Crippen LogP contribution in [0.15, 0.2) is 35.0 Å². The zero-order valence-corrected chi connectivity index (χ0v) is 16.2. The van der Waals surface area contributed by atoms with E-state index in [4.69, 9.17) is 23.8 Å². The van der Waals surface area contributed by atoms with Crippen LogP contribution in [0.1, 0.15) is 23.2 Å². The van der Waals surface area contributed by atoms with Crippen LogP contribution in [0.25, 0.3) is 0 Å². The van der Waals surface area contributed by atoms with Crippen molar-refractivity contribution >= 4 is 63.3 Å². The summed E-state index contributed by atoms with van der Waals surface area (Å²) in [6.07, 6.45) is 1.45. The lowest BCUT2D eigenvalue weighted by molar-refractivity contribution is -0.124. The molecule has 26 heavy (non-hydrogen) atoms. The van der Waals surface area contributed by atoms with Crippen LogP contribution in [0.4, 0.5) is 11.4 Å². The van der Waals surface area contributed by atoms with Gasteiger partial charge in [-0.1, -0.05) is 11.6 Å². The van der Waals surface area contributed by atoms with Crippen molar-refractivity contribution in [1.29, 1.82) is 0 Å². The molecule has 1 N–H and O–H groups in total. The van der Waals surface area contributed by atoms with Gasteiger partial charge in [-0.25, -0.2) is 0 Å². The highest BCUT2D eigenvalue weighted by Gasteiger charge is 2.41. The maximum absolute atomic E-state index is 12.2. The van der Waals surface area contributed by atoms with E-state index in [1.54, 1.807) is 23.6 Å². The molecular formula is C18H16ClN3O2S2. The molecule has 2 aliphatic heterocycles. The fourth-order valence-electron chi connectivity index (χ4n) is 3.36. The zero-order valence-electron chi connectivity index (χ0n) is 13.8. The molecule has 2 aliphatic rings. The number of amides is 1. The number of hydrogen-bond acceptors (Lipinski definition) is 4. The number of hydrogen-bond donors (Lipinski definition) is 1. The first-order valence-electron chi connectivity index (χ1n) is 8.28. The number of fused-ring (bicyclic) bond motifs is 1. The molecule has 1 aromatic heterocycles. The predicted molar refractivity (Wildman–Crippen MR) is 108 cm³/mol. The van der Waals surface area contributed by atoms with E-state index in [2.05, 4.69) is 5.32 Å². The fraction of sp³-hybridized carbons (Fsp3) is 0.278. The Balaban J connectivity index is 1.54. The third-order valence-electron chi connectivity index (χ3n) is 4.68. The van der Waals surface area contributed by atoms with Crippen molar-refractivity contribution in [2.24, 2.45) is 0 Å². The van der Waals surface area contributed by atoms with Crippen LogP contribution in [0, 0.1) is 0 Å². The average molecular weight is 406 g/mol. The number of benzene rings is 1. The number of ketones is 1. The number of rotatable bonds is 3. The molecule has 0 saturated carbocycles. The molecule has 0 bridgehead atoms. The standard InChI is InChI=1S/C18H16ClN3O2S2/c19-13-8-12(20-17(24)11-5-7-26-10-11)3-4-14(13)22-9-15-16(23)2-1-6-21(15)18(22)25/h3-5,7-8,10,15H,1-2,6,9H2,(H,20,24). The van der Waals surface area contributed by atoms with Crippen molar-refractivity contribution in [3.8, 4) is 0 Å². The topological polar surface area (TPSA) is 52.7 Å². The summed E-state index contributed by atoms with van der Waals surface area (Å²) in [7, 11) is 0. The Hall–Kier alpha value is -1.96. The normalized spacial score (nSPS) is 19.7. The molecule has 2 aromatic rings. The SMILES string of the molecule is O=C(Nc1ccc(N2CC3C(=O)CCCN3C2=S)c(Cl)c1)c1ccsc1. The smallest absolute Gasteiger partial charge is 0.256 e. The lowest BCUT2D eigenvalue weighted by Gasteiger charge is -2.28. The number of halogens is 1. The van der Waals surface area contributed by atoms with Gasteiger partial charge in [0.25, 0.3) is 5.91 Å². The third-order valence-corrected chi connectivity index (χ3v) is 6.12. The highest BCUT2D eigenvalue weighted by atomic mass is 35.5. The van der Waals surface area contributed by atoms with Crippen molar-refractivity contribution in [2.75, 3.05) is 23.3 Å². The average Bonchev–Trinajstić information content (AvgIpc) is 3.25. The molecule has 4 rings (SSSR count). The molecule has 2 saturated heterocycles. The van der Waals surface area contributed by atoms with Gasteiger partial charge in [0.1, 0.15) is 6.04 Å². The van der Waals surface area contributed by atoms with Crippen LogP contribution < -0.4 is 10.2 Å². The molecule has 8 heteroatoms. The van der Waals surface area contributed by atoms with Gasteiger partial charge in [0, 0.05) is 24.0 Å². The van der Waals surface area contributed by atoms with E-state index in [1.807, 2.05) is 21.2 Å². The van der Waals surface area contributed by atoms with Gasteiger partial charge in [0.2, 0.25) is 0 Å². The van der Waals surface area contributed by atoms with Gasteiger partial charge in [-0.15, -0.1) is 0 Å². The van der Waals surface area contributed by atoms with Crippen molar-refractivity contribution < 1.29 is 9.59 Å². The summed E-state index contributed by atoms with van der Waals surface area (Å²) in [5.41, 5.74) is 1.99. The Labute approximate surface area is 165 Å². The Kier molecular flexibility index (Phi) is 4.69. The molecular weight excluding hydrogens is 390 g/mol. The van der Waals surface area contributed by atoms with Gasteiger partial charge in [-0.05, 0) is 48.3 Å². The van der Waals surface area contributed by atoms with Gasteiger partial charge in [-0.3, -0.25) is 9.59 Å². The largest absolute Gasteiger partial charge is 0.337 e. The molecule has 5 nitrogen and oxygen atoms in total. The first-order valence-corrected chi connectivity index (χ1v) is 10.0. The molecule has 1 atom stereocenters. The summed E-state index contributed by atoms with van der Waals surface area (Å²) >= 11 is 13.5. The van der Waals surface area contributed by atoms with Crippen LogP contribution in [-0.4, -0.2) is 40.8 Å². The van der Waals surface area contributed by atoms with Crippen LogP contribution in [0.3, 0.4) is 0 Å². The fourth-order valence-corrected chi connectivity index (χ4v) is 4.67. The lowest BCUT2D eigenvalue weighted by Crippen LogP contribution is -2.43. The monoisotopic (exact) mass is 405 g/mol. The zero-order chi connectivity index (χ0) is 18.3. The Morgan fingerprint density at radius 2 is 2.19 bits per heavy atom. The number of piperidine rings is 1. The number of thiocarbonyl (C=S) groups is 1. The summed E-state index contributed by atoms with van der Waals surface area (Å²) in [4.78, 5) is 28.2. The Bertz CT molecular complexity index is 885. The van der Waals surface area contributed by atoms with Gasteiger partial charge in [0.05, 0.1) is 22.8 Å². The molecule has 1 unspecified atom stereocenters. The second-order valence-corrected chi connectivity index (χ2v) is 7.86. The number of carbonyl (C=O) groups is 2. The molecule has 0 spiro atoms. The molecule has 0 aliphatic carbocycles. The first-order chi connectivity index (χ1) is 12.5. The minimum atomic E-state index is -0.176. The van der Waals surface area contributed by atoms with E-state index in [1.165, 1.54) is 11.3 Å². The lowest BCUT2D eigenvalue weighted by atomic mass is 10.0. The third kappa shape index (κ3) is 3.11. The highest BCUT2D eigenvalue weighted by Crippen LogP contribution is 2.34. The van der Waals surface area contributed by atoms with E-state index in [9.17, 15) is 9.59 Å². The van der Waals surface area contributed by atoms with Crippen LogP contribution in [-0.2, 0) is 4.79 Å². The van der Waals surface area contributed by atoms with E-state index >= 15 is 0 Å². The Morgan fingerprint density at radius 3 is 2.88 bits per heavy atom. The van der Waals surface area contributed by atoms with Crippen LogP contribution >= 0.6 is 35.2 Å². The summed E-state index contributed by atoms with van der Waals surface area (Å²) in [6.45, 7) is 1.33.